The van der Waals surface area contributed by atoms with E-state index >= 15 is 0 Å². The summed E-state index contributed by atoms with van der Waals surface area (Å²) in [5.41, 5.74) is 1.74. The van der Waals surface area contributed by atoms with Gasteiger partial charge in [0.1, 0.15) is 0 Å². The fourth-order valence-electron chi connectivity index (χ4n) is 3.05. The van der Waals surface area contributed by atoms with Gasteiger partial charge in [0, 0.05) is 5.56 Å². The Morgan fingerprint density at radius 2 is 1.70 bits per heavy atom. The standard InChI is InChI=1S/C23H22F2O2/c1-15(26)5-3-2-4-6-16-7-8-18-14-19(10-9-17(18)13-16)20-11-12-21(27)23(25)22(20)24/h4,6-15,26-27H,2-3,5H2,1H3. The maximum atomic E-state index is 14.1. The van der Waals surface area contributed by atoms with Crippen molar-refractivity contribution in [1.82, 2.24) is 0 Å². The van der Waals surface area contributed by atoms with Gasteiger partial charge < -0.3 is 10.2 Å². The Bertz CT molecular complexity index is 978. The molecule has 0 aromatic heterocycles. The Balaban J connectivity index is 1.81. The first-order valence-corrected chi connectivity index (χ1v) is 9.01. The summed E-state index contributed by atoms with van der Waals surface area (Å²) in [7, 11) is 0. The molecule has 4 heteroatoms. The van der Waals surface area contributed by atoms with E-state index in [0.29, 0.717) is 5.56 Å². The highest BCUT2D eigenvalue weighted by Gasteiger charge is 2.14. The number of rotatable bonds is 6. The molecule has 140 valence electrons. The Hall–Kier alpha value is -2.72. The van der Waals surface area contributed by atoms with Gasteiger partial charge >= 0.3 is 0 Å². The number of phenols is 1. The molecule has 1 atom stereocenters. The second kappa shape index (κ2) is 8.31. The van der Waals surface area contributed by atoms with Gasteiger partial charge in [-0.15, -0.1) is 0 Å². The largest absolute Gasteiger partial charge is 0.505 e. The van der Waals surface area contributed by atoms with E-state index < -0.39 is 17.4 Å². The monoisotopic (exact) mass is 368 g/mol. The van der Waals surface area contributed by atoms with Crippen molar-refractivity contribution in [2.24, 2.45) is 0 Å². The maximum Gasteiger partial charge on any atom is 0.200 e. The molecule has 2 N–H and O–H groups in total. The van der Waals surface area contributed by atoms with Crippen molar-refractivity contribution in [2.75, 3.05) is 0 Å². The second-order valence-electron chi connectivity index (χ2n) is 6.76. The van der Waals surface area contributed by atoms with Gasteiger partial charge in [0.25, 0.3) is 0 Å². The predicted octanol–water partition coefficient (Wildman–Crippen LogP) is 6.05. The molecule has 2 nitrogen and oxygen atoms in total. The fourth-order valence-corrected chi connectivity index (χ4v) is 3.05. The lowest BCUT2D eigenvalue weighted by Gasteiger charge is -2.08. The zero-order valence-electron chi connectivity index (χ0n) is 15.1. The third-order valence-electron chi connectivity index (χ3n) is 4.54. The van der Waals surface area contributed by atoms with E-state index in [1.165, 1.54) is 6.07 Å². The van der Waals surface area contributed by atoms with Crippen LogP contribution < -0.4 is 0 Å². The molecule has 0 radical (unpaired) electrons. The number of aliphatic hydroxyl groups excluding tert-OH is 1. The highest BCUT2D eigenvalue weighted by molar-refractivity contribution is 5.89. The number of benzene rings is 3. The first-order chi connectivity index (χ1) is 13.0. The number of aliphatic hydroxyl groups is 1. The van der Waals surface area contributed by atoms with Crippen LogP contribution >= 0.6 is 0 Å². The van der Waals surface area contributed by atoms with E-state index in [1.807, 2.05) is 30.3 Å². The van der Waals surface area contributed by atoms with E-state index in [-0.39, 0.29) is 11.7 Å². The van der Waals surface area contributed by atoms with Crippen molar-refractivity contribution in [3.63, 3.8) is 0 Å². The molecule has 0 heterocycles. The van der Waals surface area contributed by atoms with Gasteiger partial charge in [-0.05, 0) is 72.4 Å². The van der Waals surface area contributed by atoms with Crippen molar-refractivity contribution >= 4 is 16.8 Å². The zero-order chi connectivity index (χ0) is 19.4. The Morgan fingerprint density at radius 1 is 0.963 bits per heavy atom. The quantitative estimate of drug-likeness (QED) is 0.520. The average Bonchev–Trinajstić information content (AvgIpc) is 2.65. The number of unbranched alkanes of at least 4 members (excludes halogenated alkanes) is 1. The molecule has 3 rings (SSSR count). The Labute approximate surface area is 157 Å². The SMILES string of the molecule is CC(O)CCCC=Cc1ccc2cc(-c3ccc(O)c(F)c3F)ccc2c1. The van der Waals surface area contributed by atoms with Gasteiger partial charge in [0.15, 0.2) is 11.6 Å². The first kappa shape index (κ1) is 19.1. The van der Waals surface area contributed by atoms with Gasteiger partial charge in [0.05, 0.1) is 6.10 Å². The minimum absolute atomic E-state index is 0.120. The summed E-state index contributed by atoms with van der Waals surface area (Å²) < 4.78 is 27.7. The normalized spacial score (nSPS) is 12.7. The van der Waals surface area contributed by atoms with E-state index in [2.05, 4.69) is 6.08 Å². The molecule has 0 fully saturated rings. The lowest BCUT2D eigenvalue weighted by molar-refractivity contribution is 0.182. The predicted molar refractivity (Wildman–Crippen MR) is 106 cm³/mol. The molecular formula is C23H22F2O2. The van der Waals surface area contributed by atoms with Crippen LogP contribution in [0.4, 0.5) is 8.78 Å². The van der Waals surface area contributed by atoms with Crippen LogP contribution in [-0.2, 0) is 0 Å². The summed E-state index contributed by atoms with van der Waals surface area (Å²) in [6, 6.07) is 13.9. The molecule has 3 aromatic carbocycles. The maximum absolute atomic E-state index is 14.1. The molecular weight excluding hydrogens is 346 g/mol. The molecule has 0 saturated heterocycles. The molecule has 1 unspecified atom stereocenters. The summed E-state index contributed by atoms with van der Waals surface area (Å²) in [5.74, 6) is -2.98. The summed E-state index contributed by atoms with van der Waals surface area (Å²) in [5, 5.41) is 20.5. The third kappa shape index (κ3) is 4.52. The van der Waals surface area contributed by atoms with Crippen molar-refractivity contribution in [3.8, 4) is 16.9 Å². The molecule has 0 aliphatic rings. The second-order valence-corrected chi connectivity index (χ2v) is 6.76. The Kier molecular flexibility index (Phi) is 5.87. The van der Waals surface area contributed by atoms with Gasteiger partial charge in [-0.3, -0.25) is 0 Å². The van der Waals surface area contributed by atoms with Crippen LogP contribution in [0.3, 0.4) is 0 Å². The minimum Gasteiger partial charge on any atom is -0.505 e. The van der Waals surface area contributed by atoms with E-state index in [0.717, 1.165) is 41.7 Å². The van der Waals surface area contributed by atoms with Crippen molar-refractivity contribution in [1.29, 1.82) is 0 Å². The fraction of sp³-hybridized carbons (Fsp3) is 0.217. The summed E-state index contributed by atoms with van der Waals surface area (Å²) in [6.45, 7) is 1.79. The van der Waals surface area contributed by atoms with Crippen LogP contribution in [0, 0.1) is 11.6 Å². The van der Waals surface area contributed by atoms with Crippen LogP contribution in [0.15, 0.2) is 54.6 Å². The molecule has 0 bridgehead atoms. The molecule has 0 saturated carbocycles. The van der Waals surface area contributed by atoms with Crippen molar-refractivity contribution in [2.45, 2.75) is 32.3 Å². The van der Waals surface area contributed by atoms with E-state index in [4.69, 9.17) is 0 Å². The number of allylic oxidation sites excluding steroid dienone is 1. The van der Waals surface area contributed by atoms with Crippen LogP contribution in [0.2, 0.25) is 0 Å². The molecule has 3 aromatic rings. The number of hydrogen-bond acceptors (Lipinski definition) is 2. The van der Waals surface area contributed by atoms with E-state index in [9.17, 15) is 19.0 Å². The van der Waals surface area contributed by atoms with Crippen molar-refractivity contribution < 1.29 is 19.0 Å². The van der Waals surface area contributed by atoms with Crippen molar-refractivity contribution in [3.05, 3.63) is 71.8 Å². The number of fused-ring (bicyclic) bond motifs is 1. The molecule has 27 heavy (non-hydrogen) atoms. The lowest BCUT2D eigenvalue weighted by Crippen LogP contribution is -1.97. The number of halogens is 2. The smallest absolute Gasteiger partial charge is 0.200 e. The number of phenolic OH excluding ortho intramolecular Hbond substituents is 1. The highest BCUT2D eigenvalue weighted by atomic mass is 19.2. The molecule has 0 spiro atoms. The van der Waals surface area contributed by atoms with E-state index in [1.54, 1.807) is 19.1 Å². The van der Waals surface area contributed by atoms with Gasteiger partial charge in [-0.1, -0.05) is 36.4 Å². The van der Waals surface area contributed by atoms with Crippen LogP contribution in [0.5, 0.6) is 5.75 Å². The van der Waals surface area contributed by atoms with Gasteiger partial charge in [-0.2, -0.15) is 4.39 Å². The van der Waals surface area contributed by atoms with Gasteiger partial charge in [-0.25, -0.2) is 4.39 Å². The average molecular weight is 368 g/mol. The molecule has 0 aliphatic heterocycles. The summed E-state index contributed by atoms with van der Waals surface area (Å²) >= 11 is 0. The van der Waals surface area contributed by atoms with Crippen LogP contribution in [-0.4, -0.2) is 16.3 Å². The third-order valence-corrected chi connectivity index (χ3v) is 4.54. The minimum atomic E-state index is -1.23. The molecule has 0 amide bonds. The van der Waals surface area contributed by atoms with Gasteiger partial charge in [0.2, 0.25) is 5.82 Å². The number of aromatic hydroxyl groups is 1. The van der Waals surface area contributed by atoms with Crippen LogP contribution in [0.25, 0.3) is 28.0 Å². The topological polar surface area (TPSA) is 40.5 Å². The summed E-state index contributed by atoms with van der Waals surface area (Å²) in [4.78, 5) is 0. The zero-order valence-corrected chi connectivity index (χ0v) is 15.1. The van der Waals surface area contributed by atoms with Crippen LogP contribution in [0.1, 0.15) is 31.7 Å². The first-order valence-electron chi connectivity index (χ1n) is 9.01. The highest BCUT2D eigenvalue weighted by Crippen LogP contribution is 2.31. The number of hydrogen-bond donors (Lipinski definition) is 2. The lowest BCUT2D eigenvalue weighted by atomic mass is 9.99. The Morgan fingerprint density at radius 3 is 2.48 bits per heavy atom. The molecule has 0 aliphatic carbocycles. The summed E-state index contributed by atoms with van der Waals surface area (Å²) in [6.07, 6.45) is 6.52.